The number of amides is 1. The number of rotatable bonds is 5. The quantitative estimate of drug-likeness (QED) is 0.789. The van der Waals surface area contributed by atoms with E-state index in [-0.39, 0.29) is 5.91 Å². The molecule has 1 aromatic carbocycles. The van der Waals surface area contributed by atoms with Crippen LogP contribution in [-0.4, -0.2) is 35.1 Å². The molecule has 1 aliphatic carbocycles. The van der Waals surface area contributed by atoms with Crippen LogP contribution < -0.4 is 10.6 Å². The van der Waals surface area contributed by atoms with Crippen molar-refractivity contribution in [3.63, 3.8) is 0 Å². The zero-order valence-electron chi connectivity index (χ0n) is 15.0. The molecule has 2 atom stereocenters. The van der Waals surface area contributed by atoms with E-state index in [1.807, 2.05) is 43.0 Å². The fourth-order valence-electron chi connectivity index (χ4n) is 3.26. The minimum atomic E-state index is 0.0725. The van der Waals surface area contributed by atoms with Crippen LogP contribution in [-0.2, 0) is 0 Å². The molecule has 0 saturated heterocycles. The molecule has 0 unspecified atom stereocenters. The van der Waals surface area contributed by atoms with Gasteiger partial charge in [-0.2, -0.15) is 0 Å². The number of anilines is 1. The molecule has 24 heavy (non-hydrogen) atoms. The van der Waals surface area contributed by atoms with Crippen molar-refractivity contribution < 1.29 is 4.79 Å². The van der Waals surface area contributed by atoms with Gasteiger partial charge < -0.3 is 15.5 Å². The average molecular weight is 348 g/mol. The smallest absolute Gasteiger partial charge is 0.253 e. The second-order valence-corrected chi connectivity index (χ2v) is 6.93. The molecule has 2 rings (SSSR count). The summed E-state index contributed by atoms with van der Waals surface area (Å²) < 4.78 is 0. The van der Waals surface area contributed by atoms with Crippen molar-refractivity contribution in [3.05, 3.63) is 29.8 Å². The molecule has 1 aromatic rings. The van der Waals surface area contributed by atoms with Gasteiger partial charge in [-0.15, -0.1) is 0 Å². The highest BCUT2D eigenvalue weighted by molar-refractivity contribution is 7.80. The van der Waals surface area contributed by atoms with E-state index in [1.165, 1.54) is 25.7 Å². The Bertz CT molecular complexity index is 554. The topological polar surface area (TPSA) is 44.4 Å². The van der Waals surface area contributed by atoms with Crippen LogP contribution in [0.25, 0.3) is 0 Å². The number of hydrogen-bond acceptors (Lipinski definition) is 2. The summed E-state index contributed by atoms with van der Waals surface area (Å²) in [7, 11) is 0. The number of benzene rings is 1. The number of nitrogens with one attached hydrogen (secondary N) is 2. The molecule has 132 valence electrons. The summed E-state index contributed by atoms with van der Waals surface area (Å²) in [4.78, 5) is 14.1. The first-order valence-electron chi connectivity index (χ1n) is 9.02. The van der Waals surface area contributed by atoms with E-state index in [0.717, 1.165) is 18.8 Å². The van der Waals surface area contributed by atoms with Crippen molar-refractivity contribution in [2.75, 3.05) is 18.4 Å². The van der Waals surface area contributed by atoms with Crippen molar-refractivity contribution in [3.8, 4) is 0 Å². The molecular formula is C19H29N3OS. The van der Waals surface area contributed by atoms with Gasteiger partial charge in [-0.1, -0.05) is 19.8 Å². The van der Waals surface area contributed by atoms with Gasteiger partial charge >= 0.3 is 0 Å². The van der Waals surface area contributed by atoms with Crippen molar-refractivity contribution in [2.45, 2.75) is 52.5 Å². The van der Waals surface area contributed by atoms with Gasteiger partial charge in [0.05, 0.1) is 0 Å². The Morgan fingerprint density at radius 3 is 2.38 bits per heavy atom. The van der Waals surface area contributed by atoms with Gasteiger partial charge in [0.25, 0.3) is 5.91 Å². The summed E-state index contributed by atoms with van der Waals surface area (Å²) in [5.41, 5.74) is 1.62. The van der Waals surface area contributed by atoms with Crippen LogP contribution in [0.5, 0.6) is 0 Å². The van der Waals surface area contributed by atoms with Gasteiger partial charge in [0.1, 0.15) is 0 Å². The minimum absolute atomic E-state index is 0.0725. The lowest BCUT2D eigenvalue weighted by molar-refractivity contribution is 0.0773. The number of thiocarbonyl (C=S) groups is 1. The third-order valence-corrected chi connectivity index (χ3v) is 5.09. The van der Waals surface area contributed by atoms with Gasteiger partial charge in [0.2, 0.25) is 0 Å². The van der Waals surface area contributed by atoms with Gasteiger partial charge in [0, 0.05) is 30.4 Å². The van der Waals surface area contributed by atoms with Crippen LogP contribution in [0.15, 0.2) is 24.3 Å². The lowest BCUT2D eigenvalue weighted by Crippen LogP contribution is -2.43. The van der Waals surface area contributed by atoms with Crippen molar-refractivity contribution in [1.29, 1.82) is 0 Å². The average Bonchev–Trinajstić information content (AvgIpc) is 2.58. The Morgan fingerprint density at radius 2 is 1.79 bits per heavy atom. The molecule has 0 aromatic heterocycles. The summed E-state index contributed by atoms with van der Waals surface area (Å²) in [6.45, 7) is 7.72. The van der Waals surface area contributed by atoms with Crippen LogP contribution in [0, 0.1) is 5.92 Å². The van der Waals surface area contributed by atoms with Crippen LogP contribution in [0.3, 0.4) is 0 Å². The monoisotopic (exact) mass is 347 g/mol. The van der Waals surface area contributed by atoms with Crippen molar-refractivity contribution >= 4 is 28.9 Å². The highest BCUT2D eigenvalue weighted by Crippen LogP contribution is 2.23. The Labute approximate surface area is 151 Å². The molecule has 1 aliphatic rings. The molecule has 4 nitrogen and oxygen atoms in total. The van der Waals surface area contributed by atoms with E-state index in [4.69, 9.17) is 12.2 Å². The number of nitrogens with zero attached hydrogens (tertiary/aromatic N) is 1. The van der Waals surface area contributed by atoms with Crippen LogP contribution >= 0.6 is 12.2 Å². The Balaban J connectivity index is 1.91. The second kappa shape index (κ2) is 9.02. The molecule has 0 radical (unpaired) electrons. The predicted molar refractivity (Wildman–Crippen MR) is 104 cm³/mol. The first-order chi connectivity index (χ1) is 11.5. The highest BCUT2D eigenvalue weighted by atomic mass is 32.1. The van der Waals surface area contributed by atoms with Crippen LogP contribution in [0.2, 0.25) is 0 Å². The van der Waals surface area contributed by atoms with E-state index in [1.54, 1.807) is 0 Å². The molecule has 1 saturated carbocycles. The van der Waals surface area contributed by atoms with Gasteiger partial charge in [-0.3, -0.25) is 4.79 Å². The fraction of sp³-hybridized carbons (Fsp3) is 0.579. The lowest BCUT2D eigenvalue weighted by atomic mass is 9.86. The van der Waals surface area contributed by atoms with Gasteiger partial charge in [-0.05, 0) is 69.1 Å². The lowest BCUT2D eigenvalue weighted by Gasteiger charge is -2.30. The molecule has 0 heterocycles. The van der Waals surface area contributed by atoms with E-state index in [2.05, 4.69) is 17.6 Å². The van der Waals surface area contributed by atoms with E-state index >= 15 is 0 Å². The maximum atomic E-state index is 12.3. The molecule has 0 aliphatic heterocycles. The summed E-state index contributed by atoms with van der Waals surface area (Å²) in [5, 5.41) is 7.33. The number of carbonyl (C=O) groups is 1. The third kappa shape index (κ3) is 4.94. The van der Waals surface area contributed by atoms with Crippen LogP contribution in [0.4, 0.5) is 5.69 Å². The zero-order chi connectivity index (χ0) is 17.5. The summed E-state index contributed by atoms with van der Waals surface area (Å²) in [6.07, 6.45) is 5.04. The fourth-order valence-corrected chi connectivity index (χ4v) is 3.53. The first kappa shape index (κ1) is 18.7. The second-order valence-electron chi connectivity index (χ2n) is 6.52. The standard InChI is InChI=1S/C19H29N3OS/c1-4-22(5-2)18(23)15-10-12-16(13-11-15)20-19(24)21-17-9-7-6-8-14(17)3/h10-14,17H,4-9H2,1-3H3,(H2,20,21,24)/t14-,17-/m0/s1. The normalized spacial score (nSPS) is 20.3. The zero-order valence-corrected chi connectivity index (χ0v) is 15.8. The molecule has 1 fully saturated rings. The summed E-state index contributed by atoms with van der Waals surface area (Å²) >= 11 is 5.44. The minimum Gasteiger partial charge on any atom is -0.359 e. The molecule has 0 spiro atoms. The molecule has 5 heteroatoms. The molecule has 2 N–H and O–H groups in total. The van der Waals surface area contributed by atoms with Gasteiger partial charge in [-0.25, -0.2) is 0 Å². The molecule has 1 amide bonds. The Kier molecular flexibility index (Phi) is 7.03. The van der Waals surface area contributed by atoms with E-state index < -0.39 is 0 Å². The predicted octanol–water partition coefficient (Wildman–Crippen LogP) is 4.03. The third-order valence-electron chi connectivity index (χ3n) is 4.87. The summed E-state index contributed by atoms with van der Waals surface area (Å²) in [5.74, 6) is 0.732. The molecular weight excluding hydrogens is 318 g/mol. The highest BCUT2D eigenvalue weighted by Gasteiger charge is 2.21. The van der Waals surface area contributed by atoms with Crippen molar-refractivity contribution in [2.24, 2.45) is 5.92 Å². The summed E-state index contributed by atoms with van der Waals surface area (Å²) in [6, 6.07) is 8.00. The Morgan fingerprint density at radius 1 is 1.17 bits per heavy atom. The number of carbonyl (C=O) groups excluding carboxylic acids is 1. The molecule has 0 bridgehead atoms. The maximum Gasteiger partial charge on any atom is 0.253 e. The van der Waals surface area contributed by atoms with Crippen molar-refractivity contribution in [1.82, 2.24) is 10.2 Å². The maximum absolute atomic E-state index is 12.3. The first-order valence-corrected chi connectivity index (χ1v) is 9.42. The van der Waals surface area contributed by atoms with Gasteiger partial charge in [0.15, 0.2) is 5.11 Å². The van der Waals surface area contributed by atoms with E-state index in [9.17, 15) is 4.79 Å². The van der Waals surface area contributed by atoms with Crippen LogP contribution in [0.1, 0.15) is 56.8 Å². The largest absolute Gasteiger partial charge is 0.359 e. The Hall–Kier alpha value is -1.62. The SMILES string of the molecule is CCN(CC)C(=O)c1ccc(NC(=S)N[C@H]2CCCC[C@@H]2C)cc1. The van der Waals surface area contributed by atoms with E-state index in [0.29, 0.717) is 22.6 Å². The number of hydrogen-bond donors (Lipinski definition) is 2.